The molecule has 2 aliphatic rings. The molecule has 1 heterocycles. The van der Waals surface area contributed by atoms with Crippen LogP contribution in [0.2, 0.25) is 5.02 Å². The van der Waals surface area contributed by atoms with Gasteiger partial charge in [0.2, 0.25) is 11.8 Å². The summed E-state index contributed by atoms with van der Waals surface area (Å²) >= 11 is 6.11. The molecular formula is C20H18ClN3O2. The highest BCUT2D eigenvalue weighted by atomic mass is 35.5. The fourth-order valence-electron chi connectivity index (χ4n) is 3.54. The minimum Gasteiger partial charge on any atom is -0.323 e. The van der Waals surface area contributed by atoms with E-state index in [0.29, 0.717) is 16.4 Å². The highest BCUT2D eigenvalue weighted by Gasteiger charge is 2.37. The molecule has 1 fully saturated rings. The highest BCUT2D eigenvalue weighted by molar-refractivity contribution is 6.33. The summed E-state index contributed by atoms with van der Waals surface area (Å²) < 4.78 is 0. The second-order valence-corrected chi connectivity index (χ2v) is 6.90. The Kier molecular flexibility index (Phi) is 4.47. The van der Waals surface area contributed by atoms with Crippen LogP contribution in [0.25, 0.3) is 0 Å². The summed E-state index contributed by atoms with van der Waals surface area (Å²) in [5, 5.41) is 3.25. The van der Waals surface area contributed by atoms with Crippen molar-refractivity contribution in [3.8, 4) is 0 Å². The number of nitrogens with one attached hydrogen (secondary N) is 1. The largest absolute Gasteiger partial charge is 0.323 e. The molecule has 0 aromatic heterocycles. The van der Waals surface area contributed by atoms with Gasteiger partial charge in [0.15, 0.2) is 0 Å². The second kappa shape index (κ2) is 6.92. The first kappa shape index (κ1) is 16.8. The van der Waals surface area contributed by atoms with Gasteiger partial charge in [-0.15, -0.1) is 0 Å². The lowest BCUT2D eigenvalue weighted by Gasteiger charge is -2.24. The molecule has 132 valence electrons. The van der Waals surface area contributed by atoms with Gasteiger partial charge in [-0.2, -0.15) is 0 Å². The third kappa shape index (κ3) is 3.10. The van der Waals surface area contributed by atoms with E-state index >= 15 is 0 Å². The van der Waals surface area contributed by atoms with E-state index in [1.807, 2.05) is 24.3 Å². The first-order valence-corrected chi connectivity index (χ1v) is 9.03. The zero-order valence-electron chi connectivity index (χ0n) is 14.1. The molecular weight excluding hydrogens is 350 g/mol. The third-order valence-corrected chi connectivity index (χ3v) is 5.11. The number of anilines is 2. The number of carbonyl (C=O) groups excluding carboxylic acids is 2. The van der Waals surface area contributed by atoms with Gasteiger partial charge in [-0.1, -0.05) is 35.9 Å². The van der Waals surface area contributed by atoms with Crippen molar-refractivity contribution in [2.45, 2.75) is 19.3 Å². The van der Waals surface area contributed by atoms with Gasteiger partial charge in [-0.05, 0) is 43.5 Å². The van der Waals surface area contributed by atoms with Gasteiger partial charge in [0.05, 0.1) is 28.0 Å². The van der Waals surface area contributed by atoms with Crippen LogP contribution in [0.4, 0.5) is 17.1 Å². The molecule has 1 aliphatic heterocycles. The summed E-state index contributed by atoms with van der Waals surface area (Å²) in [7, 11) is 0. The van der Waals surface area contributed by atoms with Crippen molar-refractivity contribution in [1.29, 1.82) is 0 Å². The van der Waals surface area contributed by atoms with E-state index in [2.05, 4.69) is 5.32 Å². The fourth-order valence-corrected chi connectivity index (χ4v) is 3.72. The van der Waals surface area contributed by atoms with Crippen LogP contribution in [0, 0.1) is 5.92 Å². The number of rotatable bonds is 3. The number of fused-ring (bicyclic) bond motifs is 2. The van der Waals surface area contributed by atoms with Gasteiger partial charge in [0.25, 0.3) is 0 Å². The van der Waals surface area contributed by atoms with Crippen molar-refractivity contribution >= 4 is 46.2 Å². The summed E-state index contributed by atoms with van der Waals surface area (Å²) in [6.45, 7) is -0.0691. The predicted octanol–water partition coefficient (Wildman–Crippen LogP) is 4.20. The highest BCUT2D eigenvalue weighted by Crippen LogP contribution is 2.37. The van der Waals surface area contributed by atoms with Crippen molar-refractivity contribution < 1.29 is 9.59 Å². The van der Waals surface area contributed by atoms with E-state index in [0.717, 1.165) is 30.7 Å². The molecule has 1 N–H and O–H groups in total. The number of para-hydroxylation sites is 3. The van der Waals surface area contributed by atoms with Crippen molar-refractivity contribution in [3.63, 3.8) is 0 Å². The lowest BCUT2D eigenvalue weighted by molar-refractivity contribution is -0.122. The third-order valence-electron chi connectivity index (χ3n) is 4.78. The van der Waals surface area contributed by atoms with Gasteiger partial charge in [0.1, 0.15) is 6.54 Å². The molecule has 4 rings (SSSR count). The van der Waals surface area contributed by atoms with Crippen molar-refractivity contribution in [2.24, 2.45) is 10.9 Å². The molecule has 26 heavy (non-hydrogen) atoms. The molecule has 1 aliphatic carbocycles. The second-order valence-electron chi connectivity index (χ2n) is 6.49. The van der Waals surface area contributed by atoms with Crippen LogP contribution in [0.3, 0.4) is 0 Å². The molecule has 0 bridgehead atoms. The van der Waals surface area contributed by atoms with Crippen molar-refractivity contribution in [3.05, 3.63) is 53.6 Å². The van der Waals surface area contributed by atoms with Crippen LogP contribution in [-0.4, -0.2) is 24.1 Å². The number of benzene rings is 2. The monoisotopic (exact) mass is 367 g/mol. The molecule has 1 saturated carbocycles. The maximum absolute atomic E-state index is 13.1. The van der Waals surface area contributed by atoms with Crippen molar-refractivity contribution in [1.82, 2.24) is 0 Å². The van der Waals surface area contributed by atoms with Crippen LogP contribution in [0.15, 0.2) is 53.5 Å². The van der Waals surface area contributed by atoms with E-state index in [1.165, 1.54) is 0 Å². The Morgan fingerprint density at radius 1 is 1.19 bits per heavy atom. The Balaban J connectivity index is 1.62. The number of nitrogens with zero attached hydrogens (tertiary/aromatic N) is 2. The molecule has 0 radical (unpaired) electrons. The van der Waals surface area contributed by atoms with E-state index in [1.54, 1.807) is 29.2 Å². The maximum Gasteiger partial charge on any atom is 0.244 e. The molecule has 0 spiro atoms. The standard InChI is InChI=1S/C20H18ClN3O2/c21-14-7-1-2-8-16(14)23-19(25)12-24-18-11-4-3-9-17(18)22-15-10-5-6-13(15)20(24)26/h1-4,7-9,11,13H,5-6,10,12H2,(H,23,25)/t13-/m0/s1. The number of carbonyl (C=O) groups is 2. The smallest absolute Gasteiger partial charge is 0.244 e. The Hall–Kier alpha value is -2.66. The zero-order valence-corrected chi connectivity index (χ0v) is 14.9. The van der Waals surface area contributed by atoms with Gasteiger partial charge >= 0.3 is 0 Å². The normalized spacial score (nSPS) is 18.7. The summed E-state index contributed by atoms with van der Waals surface area (Å²) in [4.78, 5) is 31.9. The Labute approximate surface area is 156 Å². The van der Waals surface area contributed by atoms with Crippen LogP contribution in [0.5, 0.6) is 0 Å². The lowest BCUT2D eigenvalue weighted by atomic mass is 10.1. The van der Waals surface area contributed by atoms with Crippen LogP contribution < -0.4 is 10.2 Å². The minimum atomic E-state index is -0.289. The molecule has 5 nitrogen and oxygen atoms in total. The number of aliphatic imine (C=N–C) groups is 1. The Morgan fingerprint density at radius 2 is 1.96 bits per heavy atom. The zero-order chi connectivity index (χ0) is 18.1. The molecule has 6 heteroatoms. The number of hydrogen-bond donors (Lipinski definition) is 1. The van der Waals surface area contributed by atoms with E-state index < -0.39 is 0 Å². The van der Waals surface area contributed by atoms with Gasteiger partial charge in [0, 0.05) is 5.71 Å². The predicted molar refractivity (Wildman–Crippen MR) is 103 cm³/mol. The first-order valence-electron chi connectivity index (χ1n) is 8.66. The van der Waals surface area contributed by atoms with Gasteiger partial charge < -0.3 is 10.2 Å². The number of amides is 2. The molecule has 1 atom stereocenters. The van der Waals surface area contributed by atoms with Crippen LogP contribution >= 0.6 is 11.6 Å². The molecule has 2 aromatic carbocycles. The quantitative estimate of drug-likeness (QED) is 0.883. The average molecular weight is 368 g/mol. The Morgan fingerprint density at radius 3 is 2.81 bits per heavy atom. The van der Waals surface area contributed by atoms with E-state index in [9.17, 15) is 9.59 Å². The average Bonchev–Trinajstić information content (AvgIpc) is 3.06. The molecule has 2 aromatic rings. The summed E-state index contributed by atoms with van der Waals surface area (Å²) in [5.41, 5.74) is 2.88. The molecule has 2 amide bonds. The lowest BCUT2D eigenvalue weighted by Crippen LogP contribution is -2.41. The van der Waals surface area contributed by atoms with Gasteiger partial charge in [-0.25, -0.2) is 0 Å². The minimum absolute atomic E-state index is 0.0551. The number of hydrogen-bond acceptors (Lipinski definition) is 3. The molecule has 0 unspecified atom stereocenters. The van der Waals surface area contributed by atoms with E-state index in [4.69, 9.17) is 16.6 Å². The fraction of sp³-hybridized carbons (Fsp3) is 0.250. The summed E-state index contributed by atoms with van der Waals surface area (Å²) in [5.74, 6) is -0.571. The summed E-state index contributed by atoms with van der Waals surface area (Å²) in [6, 6.07) is 14.5. The van der Waals surface area contributed by atoms with Crippen LogP contribution in [-0.2, 0) is 9.59 Å². The van der Waals surface area contributed by atoms with Crippen molar-refractivity contribution in [2.75, 3.05) is 16.8 Å². The Bertz CT molecular complexity index is 909. The summed E-state index contributed by atoms with van der Waals surface area (Å²) in [6.07, 6.45) is 2.58. The molecule has 0 saturated heterocycles. The SMILES string of the molecule is O=C(CN1C(=O)[C@H]2CCCC2=Nc2ccccc21)Nc1ccccc1Cl. The van der Waals surface area contributed by atoms with Gasteiger partial charge in [-0.3, -0.25) is 14.6 Å². The topological polar surface area (TPSA) is 61.8 Å². The van der Waals surface area contributed by atoms with E-state index in [-0.39, 0.29) is 24.3 Å². The number of halogens is 1. The first-order chi connectivity index (χ1) is 12.6. The van der Waals surface area contributed by atoms with Crippen LogP contribution in [0.1, 0.15) is 19.3 Å². The maximum atomic E-state index is 13.1.